The van der Waals surface area contributed by atoms with E-state index in [4.69, 9.17) is 0 Å². The van der Waals surface area contributed by atoms with Crippen LogP contribution in [0.1, 0.15) is 55.7 Å². The quantitative estimate of drug-likeness (QED) is 0.797. The molecule has 0 heterocycles. The summed E-state index contributed by atoms with van der Waals surface area (Å²) in [5.41, 5.74) is 2.70. The lowest BCUT2D eigenvalue weighted by atomic mass is 9.65. The summed E-state index contributed by atoms with van der Waals surface area (Å²) in [6, 6.07) is 8.71. The van der Waals surface area contributed by atoms with Gasteiger partial charge in [-0.05, 0) is 67.4 Å². The third-order valence-corrected chi connectivity index (χ3v) is 7.59. The Hall–Kier alpha value is -1.61. The minimum Gasteiger partial charge on any atom is -0.393 e. The number of carbonyl (C=O) groups excluding carboxylic acids is 1. The number of nitrogens with one attached hydrogen (secondary N) is 1. The molecule has 2 saturated carbocycles. The van der Waals surface area contributed by atoms with Crippen molar-refractivity contribution in [2.45, 2.75) is 57.1 Å². The molecule has 0 saturated heterocycles. The molecule has 0 aromatic heterocycles. The topological polar surface area (TPSA) is 49.3 Å². The van der Waals surface area contributed by atoms with Gasteiger partial charge in [0.1, 0.15) is 0 Å². The molecule has 26 heavy (non-hydrogen) atoms. The molecule has 4 aliphatic carbocycles. The third kappa shape index (κ3) is 2.72. The highest BCUT2D eigenvalue weighted by Gasteiger charge is 2.47. The molecule has 1 aromatic carbocycles. The fraction of sp³-hybridized carbons (Fsp3) is 0.609. The average molecular weight is 351 g/mol. The SMILES string of the molecule is O=C(N[C@H]1CCc2ccccc21)[C@@H]1C[C@@H]2[C@@H]3CCC[C@@H](O)[C@H]3C=C[C@@H]2C1. The maximum atomic E-state index is 13.0. The lowest BCUT2D eigenvalue weighted by Crippen LogP contribution is -2.38. The van der Waals surface area contributed by atoms with Crippen LogP contribution in [0.5, 0.6) is 0 Å². The predicted molar refractivity (Wildman–Crippen MR) is 101 cm³/mol. The zero-order chi connectivity index (χ0) is 17.7. The van der Waals surface area contributed by atoms with Crippen LogP contribution in [0.15, 0.2) is 36.4 Å². The smallest absolute Gasteiger partial charge is 0.223 e. The molecule has 4 aliphatic rings. The molecule has 3 heteroatoms. The van der Waals surface area contributed by atoms with E-state index in [0.29, 0.717) is 23.7 Å². The molecule has 2 N–H and O–H groups in total. The summed E-state index contributed by atoms with van der Waals surface area (Å²) in [7, 11) is 0. The maximum absolute atomic E-state index is 13.0. The van der Waals surface area contributed by atoms with E-state index in [2.05, 4.69) is 41.7 Å². The van der Waals surface area contributed by atoms with Crippen LogP contribution < -0.4 is 5.32 Å². The van der Waals surface area contributed by atoms with Crippen molar-refractivity contribution >= 4 is 5.91 Å². The molecule has 1 aromatic rings. The largest absolute Gasteiger partial charge is 0.393 e. The first-order valence-corrected chi connectivity index (χ1v) is 10.5. The van der Waals surface area contributed by atoms with Gasteiger partial charge in [-0.3, -0.25) is 4.79 Å². The maximum Gasteiger partial charge on any atom is 0.223 e. The Morgan fingerprint density at radius 2 is 1.92 bits per heavy atom. The Bertz CT molecular complexity index is 727. The fourth-order valence-corrected chi connectivity index (χ4v) is 6.30. The molecule has 5 rings (SSSR count). The lowest BCUT2D eigenvalue weighted by molar-refractivity contribution is -0.125. The Balaban J connectivity index is 1.27. The van der Waals surface area contributed by atoms with Gasteiger partial charge in [0.15, 0.2) is 0 Å². The standard InChI is InChI=1S/C23H29NO2/c25-22-7-3-6-18-19(22)10-8-15-12-16(13-20(15)18)23(26)24-21-11-9-14-4-1-2-5-17(14)21/h1-2,4-5,8,10,15-16,18-22,25H,3,6-7,9,11-13H2,(H,24,26)/t15-,16+,18-,19+,20+,21+,22-/m1/s1. The van der Waals surface area contributed by atoms with Crippen LogP contribution in [0.3, 0.4) is 0 Å². The van der Waals surface area contributed by atoms with E-state index >= 15 is 0 Å². The van der Waals surface area contributed by atoms with Gasteiger partial charge < -0.3 is 10.4 Å². The minimum absolute atomic E-state index is 0.139. The molecule has 0 unspecified atom stereocenters. The van der Waals surface area contributed by atoms with Crippen LogP contribution in [-0.2, 0) is 11.2 Å². The van der Waals surface area contributed by atoms with Crippen molar-refractivity contribution in [3.8, 4) is 0 Å². The monoisotopic (exact) mass is 351 g/mol. The lowest BCUT2D eigenvalue weighted by Gasteiger charge is -2.42. The van der Waals surface area contributed by atoms with Gasteiger partial charge in [-0.2, -0.15) is 0 Å². The van der Waals surface area contributed by atoms with Crippen molar-refractivity contribution in [1.82, 2.24) is 5.32 Å². The van der Waals surface area contributed by atoms with Gasteiger partial charge in [-0.25, -0.2) is 0 Å². The van der Waals surface area contributed by atoms with Gasteiger partial charge in [0.25, 0.3) is 0 Å². The molecule has 7 atom stereocenters. The number of aryl methyl sites for hydroxylation is 1. The van der Waals surface area contributed by atoms with Gasteiger partial charge in [0, 0.05) is 11.8 Å². The van der Waals surface area contributed by atoms with Crippen LogP contribution in [0.2, 0.25) is 0 Å². The number of benzene rings is 1. The molecule has 138 valence electrons. The zero-order valence-electron chi connectivity index (χ0n) is 15.3. The Morgan fingerprint density at radius 1 is 1.04 bits per heavy atom. The van der Waals surface area contributed by atoms with Gasteiger partial charge in [0.05, 0.1) is 12.1 Å². The van der Waals surface area contributed by atoms with E-state index in [0.717, 1.165) is 38.5 Å². The second kappa shape index (κ2) is 6.53. The number of fused-ring (bicyclic) bond motifs is 4. The average Bonchev–Trinajstić information content (AvgIpc) is 3.27. The normalized spacial score (nSPS) is 40.6. The molecule has 0 aliphatic heterocycles. The Morgan fingerprint density at radius 3 is 2.85 bits per heavy atom. The minimum atomic E-state index is -0.172. The van der Waals surface area contributed by atoms with Crippen LogP contribution >= 0.6 is 0 Å². The molecule has 1 amide bonds. The summed E-state index contributed by atoms with van der Waals surface area (Å²) in [5, 5.41) is 13.7. The summed E-state index contributed by atoms with van der Waals surface area (Å²) < 4.78 is 0. The first-order valence-electron chi connectivity index (χ1n) is 10.5. The number of aliphatic hydroxyl groups excluding tert-OH is 1. The summed E-state index contributed by atoms with van der Waals surface area (Å²) in [5.74, 6) is 2.43. The third-order valence-electron chi connectivity index (χ3n) is 7.59. The number of rotatable bonds is 2. The van der Waals surface area contributed by atoms with Crippen LogP contribution in [0.4, 0.5) is 0 Å². The second-order valence-electron chi connectivity index (χ2n) is 8.92. The van der Waals surface area contributed by atoms with Gasteiger partial charge in [-0.1, -0.05) is 42.8 Å². The van der Waals surface area contributed by atoms with Crippen LogP contribution in [0, 0.1) is 29.6 Å². The van der Waals surface area contributed by atoms with Crippen molar-refractivity contribution in [2.24, 2.45) is 29.6 Å². The van der Waals surface area contributed by atoms with E-state index in [1.165, 1.54) is 17.5 Å². The van der Waals surface area contributed by atoms with Crippen molar-refractivity contribution in [3.05, 3.63) is 47.5 Å². The fourth-order valence-electron chi connectivity index (χ4n) is 6.30. The first kappa shape index (κ1) is 16.6. The Labute approximate surface area is 155 Å². The van der Waals surface area contributed by atoms with Gasteiger partial charge in [0.2, 0.25) is 5.91 Å². The van der Waals surface area contributed by atoms with Gasteiger partial charge >= 0.3 is 0 Å². The molecular weight excluding hydrogens is 322 g/mol. The highest BCUT2D eigenvalue weighted by Crippen LogP contribution is 2.51. The van der Waals surface area contributed by atoms with Crippen LogP contribution in [-0.4, -0.2) is 17.1 Å². The number of hydrogen-bond acceptors (Lipinski definition) is 2. The summed E-state index contributed by atoms with van der Waals surface area (Å²) in [6.45, 7) is 0. The number of hydrogen-bond donors (Lipinski definition) is 2. The predicted octanol–water partition coefficient (Wildman–Crippen LogP) is 3.78. The second-order valence-corrected chi connectivity index (χ2v) is 8.92. The molecule has 0 radical (unpaired) electrons. The van der Waals surface area contributed by atoms with Gasteiger partial charge in [-0.15, -0.1) is 0 Å². The summed E-state index contributed by atoms with van der Waals surface area (Å²) in [4.78, 5) is 13.0. The van der Waals surface area contributed by atoms with Crippen LogP contribution in [0.25, 0.3) is 0 Å². The molecule has 3 nitrogen and oxygen atoms in total. The summed E-state index contributed by atoms with van der Waals surface area (Å²) >= 11 is 0. The number of carbonyl (C=O) groups is 1. The number of amides is 1. The highest BCUT2D eigenvalue weighted by molar-refractivity contribution is 5.79. The van der Waals surface area contributed by atoms with E-state index in [1.54, 1.807) is 0 Å². The Kier molecular flexibility index (Phi) is 4.16. The van der Waals surface area contributed by atoms with E-state index in [-0.39, 0.29) is 24.0 Å². The summed E-state index contributed by atoms with van der Waals surface area (Å²) in [6.07, 6.45) is 11.8. The molecule has 0 spiro atoms. The highest BCUT2D eigenvalue weighted by atomic mass is 16.3. The number of allylic oxidation sites excluding steroid dienone is 1. The van der Waals surface area contributed by atoms with Crippen molar-refractivity contribution < 1.29 is 9.90 Å². The van der Waals surface area contributed by atoms with E-state index in [1.807, 2.05) is 0 Å². The molecular formula is C23H29NO2. The van der Waals surface area contributed by atoms with Crippen molar-refractivity contribution in [1.29, 1.82) is 0 Å². The number of aliphatic hydroxyl groups is 1. The molecule has 2 fully saturated rings. The zero-order valence-corrected chi connectivity index (χ0v) is 15.3. The first-order chi connectivity index (χ1) is 12.7. The van der Waals surface area contributed by atoms with Crippen molar-refractivity contribution in [2.75, 3.05) is 0 Å². The van der Waals surface area contributed by atoms with E-state index in [9.17, 15) is 9.90 Å². The van der Waals surface area contributed by atoms with E-state index < -0.39 is 0 Å². The molecule has 0 bridgehead atoms. The van der Waals surface area contributed by atoms with Crippen molar-refractivity contribution in [3.63, 3.8) is 0 Å².